The molecular weight excluding hydrogens is 399 g/mol. The van der Waals surface area contributed by atoms with Crippen LogP contribution in [-0.4, -0.2) is 8.42 Å². The van der Waals surface area contributed by atoms with E-state index in [4.69, 9.17) is 0 Å². The predicted molar refractivity (Wildman–Crippen MR) is 116 cm³/mol. The maximum absolute atomic E-state index is 13.9. The Morgan fingerprint density at radius 3 is 2.53 bits per heavy atom. The van der Waals surface area contributed by atoms with Gasteiger partial charge in [0, 0.05) is 11.6 Å². The number of para-hydroxylation sites is 1. The van der Waals surface area contributed by atoms with Crippen LogP contribution in [0.2, 0.25) is 0 Å². The van der Waals surface area contributed by atoms with Crippen LogP contribution in [0.15, 0.2) is 89.8 Å². The highest BCUT2D eigenvalue weighted by molar-refractivity contribution is 7.92. The molecule has 152 valence electrons. The van der Waals surface area contributed by atoms with Crippen LogP contribution < -0.4 is 10.0 Å². The van der Waals surface area contributed by atoms with Gasteiger partial charge in [0.15, 0.2) is 0 Å². The molecule has 0 bridgehead atoms. The summed E-state index contributed by atoms with van der Waals surface area (Å²) in [4.78, 5) is 0.128. The molecule has 1 aliphatic heterocycles. The van der Waals surface area contributed by atoms with E-state index in [0.29, 0.717) is 5.92 Å². The molecule has 4 nitrogen and oxygen atoms in total. The van der Waals surface area contributed by atoms with Crippen LogP contribution in [0, 0.1) is 11.7 Å². The molecule has 0 unspecified atom stereocenters. The maximum atomic E-state index is 13.9. The van der Waals surface area contributed by atoms with Gasteiger partial charge in [0.2, 0.25) is 0 Å². The van der Waals surface area contributed by atoms with Gasteiger partial charge in [-0.15, -0.1) is 0 Å². The van der Waals surface area contributed by atoms with Crippen molar-refractivity contribution in [2.75, 3.05) is 10.0 Å². The Labute approximate surface area is 175 Å². The standard InChI is InChI=1S/C24H21FN2O2S/c25-21-11-4-5-12-23(21)27-30(28,29)17-13-14-22-20(15-17)18-9-6-10-19(18)24(26-22)16-7-2-1-3-8-16/h1-9,11-15,18-19,24,26-27H,10H2/t18-,19+,24+/m0/s1. The first-order valence-corrected chi connectivity index (χ1v) is 11.4. The summed E-state index contributed by atoms with van der Waals surface area (Å²) in [5.41, 5.74) is 3.05. The minimum absolute atomic E-state index is 0.0591. The fourth-order valence-electron chi connectivity index (χ4n) is 4.48. The molecule has 3 aromatic carbocycles. The summed E-state index contributed by atoms with van der Waals surface area (Å²) in [6, 6.07) is 21.3. The molecule has 0 amide bonds. The van der Waals surface area contributed by atoms with Gasteiger partial charge in [-0.2, -0.15) is 0 Å². The van der Waals surface area contributed by atoms with Gasteiger partial charge in [0.05, 0.1) is 16.6 Å². The zero-order valence-electron chi connectivity index (χ0n) is 16.1. The normalized spacial score (nSPS) is 22.1. The molecule has 0 saturated heterocycles. The highest BCUT2D eigenvalue weighted by Gasteiger charge is 2.38. The first-order chi connectivity index (χ1) is 14.5. The second-order valence-electron chi connectivity index (χ2n) is 7.72. The van der Waals surface area contributed by atoms with Gasteiger partial charge < -0.3 is 5.32 Å². The van der Waals surface area contributed by atoms with E-state index in [1.807, 2.05) is 24.3 Å². The third kappa shape index (κ3) is 3.27. The number of rotatable bonds is 4. The Balaban J connectivity index is 1.51. The van der Waals surface area contributed by atoms with E-state index in [1.54, 1.807) is 18.2 Å². The van der Waals surface area contributed by atoms with Crippen LogP contribution in [0.3, 0.4) is 0 Å². The number of hydrogen-bond acceptors (Lipinski definition) is 3. The molecule has 0 fully saturated rings. The lowest BCUT2D eigenvalue weighted by atomic mass is 9.77. The number of sulfonamides is 1. The van der Waals surface area contributed by atoms with Crippen molar-refractivity contribution < 1.29 is 12.8 Å². The van der Waals surface area contributed by atoms with Gasteiger partial charge in [-0.3, -0.25) is 4.72 Å². The molecule has 30 heavy (non-hydrogen) atoms. The Kier molecular flexibility index (Phi) is 4.59. The number of anilines is 2. The topological polar surface area (TPSA) is 58.2 Å². The summed E-state index contributed by atoms with van der Waals surface area (Å²) >= 11 is 0. The van der Waals surface area contributed by atoms with Gasteiger partial charge in [0.1, 0.15) is 5.82 Å². The number of fused-ring (bicyclic) bond motifs is 3. The van der Waals surface area contributed by atoms with Crippen LogP contribution in [0.5, 0.6) is 0 Å². The highest BCUT2D eigenvalue weighted by Crippen LogP contribution is 2.50. The number of allylic oxidation sites excluding steroid dienone is 2. The molecule has 0 aromatic heterocycles. The smallest absolute Gasteiger partial charge is 0.261 e. The monoisotopic (exact) mass is 420 g/mol. The lowest BCUT2D eigenvalue weighted by molar-refractivity contribution is 0.425. The molecule has 0 spiro atoms. The van der Waals surface area contributed by atoms with Crippen LogP contribution in [0.4, 0.5) is 15.8 Å². The predicted octanol–water partition coefficient (Wildman–Crippen LogP) is 5.45. The minimum atomic E-state index is -3.91. The molecular formula is C24H21FN2O2S. The van der Waals surface area contributed by atoms with Crippen molar-refractivity contribution in [3.05, 3.63) is 102 Å². The van der Waals surface area contributed by atoms with Crippen molar-refractivity contribution in [3.63, 3.8) is 0 Å². The number of halogens is 1. The van der Waals surface area contributed by atoms with E-state index in [9.17, 15) is 12.8 Å². The third-order valence-corrected chi connectivity index (χ3v) is 7.28. The van der Waals surface area contributed by atoms with E-state index >= 15 is 0 Å². The minimum Gasteiger partial charge on any atom is -0.378 e. The SMILES string of the molecule is O=S(=O)(Nc1ccccc1F)c1ccc2c(c1)[C@H]1C=CC[C@H]1[C@@H](c1ccccc1)N2. The summed E-state index contributed by atoms with van der Waals surface area (Å²) in [5, 5.41) is 3.61. The molecule has 5 rings (SSSR count). The van der Waals surface area contributed by atoms with Crippen molar-refractivity contribution in [3.8, 4) is 0 Å². The van der Waals surface area contributed by atoms with Gasteiger partial charge in [-0.1, -0.05) is 54.6 Å². The fourth-order valence-corrected chi connectivity index (χ4v) is 5.58. The van der Waals surface area contributed by atoms with Crippen LogP contribution in [0.1, 0.15) is 29.5 Å². The Morgan fingerprint density at radius 2 is 1.73 bits per heavy atom. The van der Waals surface area contributed by atoms with Gasteiger partial charge in [-0.25, -0.2) is 12.8 Å². The Bertz CT molecular complexity index is 1220. The van der Waals surface area contributed by atoms with Crippen molar-refractivity contribution in [2.24, 2.45) is 5.92 Å². The zero-order chi connectivity index (χ0) is 20.7. The van der Waals surface area contributed by atoms with Crippen LogP contribution in [-0.2, 0) is 10.0 Å². The van der Waals surface area contributed by atoms with Crippen LogP contribution in [0.25, 0.3) is 0 Å². The molecule has 3 atom stereocenters. The number of hydrogen-bond donors (Lipinski definition) is 2. The van der Waals surface area contributed by atoms with E-state index in [0.717, 1.165) is 17.7 Å². The fraction of sp³-hybridized carbons (Fsp3) is 0.167. The van der Waals surface area contributed by atoms with E-state index in [-0.39, 0.29) is 22.5 Å². The summed E-state index contributed by atoms with van der Waals surface area (Å²) in [7, 11) is -3.91. The molecule has 2 N–H and O–H groups in total. The largest absolute Gasteiger partial charge is 0.378 e. The van der Waals surface area contributed by atoms with Crippen molar-refractivity contribution in [1.82, 2.24) is 0 Å². The average Bonchev–Trinajstić information content (AvgIpc) is 3.25. The third-order valence-electron chi connectivity index (χ3n) is 5.92. The van der Waals surface area contributed by atoms with Crippen molar-refractivity contribution in [2.45, 2.75) is 23.3 Å². The summed E-state index contributed by atoms with van der Waals surface area (Å²) in [6.07, 6.45) is 5.27. The summed E-state index contributed by atoms with van der Waals surface area (Å²) in [5.74, 6) is -0.155. The van der Waals surface area contributed by atoms with Crippen LogP contribution >= 0.6 is 0 Å². The molecule has 2 aliphatic rings. The molecule has 3 aromatic rings. The Hall–Kier alpha value is -3.12. The van der Waals surface area contributed by atoms with Gasteiger partial charge >= 0.3 is 0 Å². The lowest BCUT2D eigenvalue weighted by Crippen LogP contribution is -2.29. The zero-order valence-corrected chi connectivity index (χ0v) is 16.9. The first kappa shape index (κ1) is 18.9. The summed E-state index contributed by atoms with van der Waals surface area (Å²) in [6.45, 7) is 0. The van der Waals surface area contributed by atoms with Crippen molar-refractivity contribution >= 4 is 21.4 Å². The van der Waals surface area contributed by atoms with Gasteiger partial charge in [-0.05, 0) is 53.8 Å². The molecule has 0 saturated carbocycles. The second-order valence-corrected chi connectivity index (χ2v) is 9.40. The van der Waals surface area contributed by atoms with E-state index in [2.05, 4.69) is 34.3 Å². The summed E-state index contributed by atoms with van der Waals surface area (Å²) < 4.78 is 42.1. The van der Waals surface area contributed by atoms with E-state index in [1.165, 1.54) is 23.8 Å². The number of benzene rings is 3. The Morgan fingerprint density at radius 1 is 0.967 bits per heavy atom. The lowest BCUT2D eigenvalue weighted by Gasteiger charge is -2.37. The number of nitrogens with one attached hydrogen (secondary N) is 2. The molecule has 1 heterocycles. The van der Waals surface area contributed by atoms with Crippen molar-refractivity contribution in [1.29, 1.82) is 0 Å². The molecule has 0 radical (unpaired) electrons. The van der Waals surface area contributed by atoms with E-state index < -0.39 is 15.8 Å². The molecule has 6 heteroatoms. The quantitative estimate of drug-likeness (QED) is 0.552. The second kappa shape index (κ2) is 7.29. The first-order valence-electron chi connectivity index (χ1n) is 9.92. The molecule has 1 aliphatic carbocycles. The van der Waals surface area contributed by atoms with Gasteiger partial charge in [0.25, 0.3) is 10.0 Å². The average molecular weight is 421 g/mol. The maximum Gasteiger partial charge on any atom is 0.261 e. The highest BCUT2D eigenvalue weighted by atomic mass is 32.2.